The third-order valence-corrected chi connectivity index (χ3v) is 8.52. The van der Waals surface area contributed by atoms with E-state index in [1.165, 1.54) is 0 Å². The number of hydrogen-bond donors (Lipinski definition) is 1. The first-order chi connectivity index (χ1) is 18.1. The monoisotopic (exact) mass is 548 g/mol. The van der Waals surface area contributed by atoms with E-state index in [-0.39, 0.29) is 41.3 Å². The van der Waals surface area contributed by atoms with Crippen molar-refractivity contribution in [1.82, 2.24) is 15.1 Å². The van der Waals surface area contributed by atoms with Gasteiger partial charge in [-0.2, -0.15) is 16.4 Å². The number of carbonyl (C=O) groups is 2. The normalized spacial score (nSPS) is 15.9. The molecular weight excluding hydrogens is 516 g/mol. The molecule has 1 N–H and O–H groups in total. The minimum Gasteiger partial charge on any atom is -0.467 e. The Balaban J connectivity index is 1.67. The van der Waals surface area contributed by atoms with Gasteiger partial charge in [-0.1, -0.05) is 38.5 Å². The Labute approximate surface area is 231 Å². The number of carbonyl (C=O) groups excluding carboxylic acids is 2. The van der Waals surface area contributed by atoms with Crippen LogP contribution in [0.1, 0.15) is 59.7 Å². The molecule has 0 fully saturated rings. The first kappa shape index (κ1) is 26.3. The van der Waals surface area contributed by atoms with Crippen molar-refractivity contribution in [2.24, 2.45) is 0 Å². The molecule has 1 atom stereocenters. The first-order valence-electron chi connectivity index (χ1n) is 12.6. The Kier molecular flexibility index (Phi) is 7.24. The van der Waals surface area contributed by atoms with Crippen LogP contribution in [-0.4, -0.2) is 33.9 Å². The summed E-state index contributed by atoms with van der Waals surface area (Å²) < 4.78 is 7.24. The highest BCUT2D eigenvalue weighted by Crippen LogP contribution is 2.48. The minimum absolute atomic E-state index is 0.0786. The van der Waals surface area contributed by atoms with Crippen molar-refractivity contribution in [3.63, 3.8) is 0 Å². The second-order valence-electron chi connectivity index (χ2n) is 10.6. The van der Waals surface area contributed by atoms with E-state index in [4.69, 9.17) is 9.52 Å². The van der Waals surface area contributed by atoms with Gasteiger partial charge >= 0.3 is 0 Å². The first-order valence-corrected chi connectivity index (χ1v) is 14.6. The highest BCUT2D eigenvalue weighted by molar-refractivity contribution is 8.00. The number of nitrogens with one attached hydrogen (secondary N) is 1. The van der Waals surface area contributed by atoms with E-state index in [2.05, 4.69) is 68.9 Å². The molecule has 1 aromatic carbocycles. The van der Waals surface area contributed by atoms with Crippen LogP contribution in [0.25, 0.3) is 5.69 Å². The summed E-state index contributed by atoms with van der Waals surface area (Å²) >= 11 is 3.24. The summed E-state index contributed by atoms with van der Waals surface area (Å²) in [7, 11) is 0. The van der Waals surface area contributed by atoms with Crippen molar-refractivity contribution < 1.29 is 14.0 Å². The Hall–Kier alpha value is -3.30. The lowest BCUT2D eigenvalue weighted by atomic mass is 9.87. The third kappa shape index (κ3) is 5.17. The predicted octanol–water partition coefficient (Wildman–Crippen LogP) is 5.93. The Morgan fingerprint density at radius 2 is 2.03 bits per heavy atom. The van der Waals surface area contributed by atoms with Crippen molar-refractivity contribution in [2.45, 2.75) is 51.8 Å². The van der Waals surface area contributed by atoms with Gasteiger partial charge < -0.3 is 9.73 Å². The number of thiophene rings is 1. The smallest absolute Gasteiger partial charge is 0.240 e. The molecule has 1 aliphatic rings. The number of amides is 2. The molecule has 4 aromatic rings. The summed E-state index contributed by atoms with van der Waals surface area (Å²) in [6.07, 6.45) is 1.57. The average molecular weight is 549 g/mol. The van der Waals surface area contributed by atoms with Crippen LogP contribution >= 0.6 is 23.1 Å². The number of aromatic nitrogens is 2. The molecule has 3 aromatic heterocycles. The number of thioether (sulfide) groups is 1. The van der Waals surface area contributed by atoms with Gasteiger partial charge in [0.15, 0.2) is 0 Å². The molecule has 198 valence electrons. The highest BCUT2D eigenvalue weighted by atomic mass is 32.2. The summed E-state index contributed by atoms with van der Waals surface area (Å²) in [5.74, 6) is 1.21. The molecule has 5 rings (SSSR count). The molecule has 1 aliphatic heterocycles. The number of anilines is 1. The molecule has 0 radical (unpaired) electrons. The highest BCUT2D eigenvalue weighted by Gasteiger charge is 2.40. The molecule has 0 saturated heterocycles. The number of aryl methyl sites for hydroxylation is 2. The van der Waals surface area contributed by atoms with Crippen LogP contribution in [0.4, 0.5) is 5.82 Å². The Morgan fingerprint density at radius 1 is 1.21 bits per heavy atom. The molecule has 2 amide bonds. The van der Waals surface area contributed by atoms with Crippen LogP contribution in [0, 0.1) is 13.8 Å². The number of hydrogen-bond acceptors (Lipinski definition) is 6. The largest absolute Gasteiger partial charge is 0.467 e. The zero-order valence-corrected chi connectivity index (χ0v) is 23.9. The minimum atomic E-state index is -0.288. The number of rotatable bonds is 6. The fourth-order valence-electron chi connectivity index (χ4n) is 4.77. The van der Waals surface area contributed by atoms with Gasteiger partial charge in [0.05, 0.1) is 35.2 Å². The number of furan rings is 1. The quantitative estimate of drug-likeness (QED) is 0.323. The Morgan fingerprint density at radius 3 is 2.68 bits per heavy atom. The maximum absolute atomic E-state index is 13.7. The summed E-state index contributed by atoms with van der Waals surface area (Å²) in [4.78, 5) is 28.5. The molecule has 0 bridgehead atoms. The van der Waals surface area contributed by atoms with Gasteiger partial charge in [0, 0.05) is 11.0 Å². The van der Waals surface area contributed by atoms with E-state index in [0.29, 0.717) is 11.6 Å². The van der Waals surface area contributed by atoms with Crippen LogP contribution in [0.5, 0.6) is 0 Å². The third-order valence-electron chi connectivity index (χ3n) is 6.57. The number of fused-ring (bicyclic) bond motifs is 1. The molecule has 38 heavy (non-hydrogen) atoms. The van der Waals surface area contributed by atoms with Crippen LogP contribution in [0.15, 0.2) is 57.8 Å². The van der Waals surface area contributed by atoms with Gasteiger partial charge in [0.25, 0.3) is 0 Å². The number of nitrogens with zero attached hydrogens (tertiary/aromatic N) is 3. The summed E-state index contributed by atoms with van der Waals surface area (Å²) in [5.41, 5.74) is 5.86. The molecule has 4 heterocycles. The van der Waals surface area contributed by atoms with Crippen molar-refractivity contribution in [3.8, 4) is 5.69 Å². The van der Waals surface area contributed by atoms with Crippen LogP contribution in [0.3, 0.4) is 0 Å². The van der Waals surface area contributed by atoms with Crippen molar-refractivity contribution in [1.29, 1.82) is 0 Å². The van der Waals surface area contributed by atoms with E-state index in [9.17, 15) is 9.59 Å². The van der Waals surface area contributed by atoms with E-state index in [1.54, 1.807) is 40.3 Å². The predicted molar refractivity (Wildman–Crippen MR) is 153 cm³/mol. The second-order valence-corrected chi connectivity index (χ2v) is 12.5. The summed E-state index contributed by atoms with van der Waals surface area (Å²) in [6.45, 7) is 10.7. The van der Waals surface area contributed by atoms with Crippen LogP contribution in [0.2, 0.25) is 0 Å². The van der Waals surface area contributed by atoms with Gasteiger partial charge in [-0.3, -0.25) is 14.5 Å². The maximum atomic E-state index is 13.7. The topological polar surface area (TPSA) is 80.4 Å². The molecule has 0 saturated carbocycles. The average Bonchev–Trinajstić information content (AvgIpc) is 3.61. The standard InChI is InChI=1S/C29H32N4O3S2/c1-18-8-9-22(19(2)13-18)33-28-25(27(31-33)29(3,4)5)26(20-10-12-37-16-20)38-17-24(35)32(28)15-23(34)30-14-21-7-6-11-36-21/h6-13,16,26H,14-15,17H2,1-5H3,(H,30,34). The van der Waals surface area contributed by atoms with Gasteiger partial charge in [0.1, 0.15) is 18.1 Å². The Bertz CT molecular complexity index is 1450. The van der Waals surface area contributed by atoms with Gasteiger partial charge in [-0.25, -0.2) is 4.68 Å². The molecule has 9 heteroatoms. The fourth-order valence-corrected chi connectivity index (χ4v) is 6.73. The molecule has 7 nitrogen and oxygen atoms in total. The van der Waals surface area contributed by atoms with E-state index >= 15 is 0 Å². The van der Waals surface area contributed by atoms with Gasteiger partial charge in [0.2, 0.25) is 11.8 Å². The molecule has 0 spiro atoms. The summed E-state index contributed by atoms with van der Waals surface area (Å²) in [6, 6.07) is 11.9. The lowest BCUT2D eigenvalue weighted by molar-refractivity contribution is -0.123. The van der Waals surface area contributed by atoms with Crippen LogP contribution < -0.4 is 10.2 Å². The SMILES string of the molecule is Cc1ccc(-n2nc(C(C)(C)C)c3c2N(CC(=O)NCc2ccco2)C(=O)CSC3c2ccsc2)c(C)c1. The fraction of sp³-hybridized carbons (Fsp3) is 0.345. The van der Waals surface area contributed by atoms with E-state index in [0.717, 1.165) is 33.6 Å². The zero-order chi connectivity index (χ0) is 27.0. The van der Waals surface area contributed by atoms with Crippen molar-refractivity contribution >= 4 is 40.7 Å². The number of benzene rings is 1. The maximum Gasteiger partial charge on any atom is 0.240 e. The molecular formula is C29H32N4O3S2. The van der Waals surface area contributed by atoms with Crippen molar-refractivity contribution in [3.05, 3.63) is 87.1 Å². The van der Waals surface area contributed by atoms with E-state index in [1.807, 2.05) is 16.8 Å². The van der Waals surface area contributed by atoms with Gasteiger partial charge in [-0.05, 0) is 60.0 Å². The van der Waals surface area contributed by atoms with Gasteiger partial charge in [-0.15, -0.1) is 11.8 Å². The lowest BCUT2D eigenvalue weighted by Crippen LogP contribution is -2.42. The molecule has 0 aliphatic carbocycles. The summed E-state index contributed by atoms with van der Waals surface area (Å²) in [5, 5.41) is 12.2. The molecule has 1 unspecified atom stereocenters. The van der Waals surface area contributed by atoms with Crippen LogP contribution in [-0.2, 0) is 21.5 Å². The zero-order valence-electron chi connectivity index (χ0n) is 22.3. The van der Waals surface area contributed by atoms with E-state index < -0.39 is 0 Å². The second kappa shape index (κ2) is 10.5. The lowest BCUT2D eigenvalue weighted by Gasteiger charge is -2.24. The van der Waals surface area contributed by atoms with Crippen molar-refractivity contribution in [2.75, 3.05) is 17.2 Å².